The second-order valence-corrected chi connectivity index (χ2v) is 7.78. The molecule has 1 aliphatic heterocycles. The summed E-state index contributed by atoms with van der Waals surface area (Å²) in [5, 5.41) is 3.59. The van der Waals surface area contributed by atoms with Crippen LogP contribution in [-0.4, -0.2) is 32.0 Å². The van der Waals surface area contributed by atoms with Crippen LogP contribution >= 0.6 is 0 Å². The van der Waals surface area contributed by atoms with Gasteiger partial charge in [-0.25, -0.2) is 8.42 Å². The molecule has 0 aromatic carbocycles. The first-order valence-corrected chi connectivity index (χ1v) is 7.91. The van der Waals surface area contributed by atoms with Crippen LogP contribution in [0.2, 0.25) is 0 Å². The predicted molar refractivity (Wildman–Crippen MR) is 59.4 cm³/mol. The van der Waals surface area contributed by atoms with Crippen LogP contribution in [0.4, 0.5) is 0 Å². The van der Waals surface area contributed by atoms with E-state index in [0.29, 0.717) is 17.5 Å². The average molecular weight is 229 g/mol. The summed E-state index contributed by atoms with van der Waals surface area (Å²) in [4.78, 5) is 0. The van der Waals surface area contributed by atoms with Gasteiger partial charge in [-0.2, -0.15) is 0 Å². The van der Waals surface area contributed by atoms with Gasteiger partial charge in [0.25, 0.3) is 0 Å². The van der Waals surface area contributed by atoms with Crippen molar-refractivity contribution in [1.82, 2.24) is 5.32 Å². The zero-order valence-corrected chi connectivity index (χ0v) is 9.80. The van der Waals surface area contributed by atoms with Crippen molar-refractivity contribution in [3.63, 3.8) is 0 Å². The molecule has 3 aliphatic rings. The lowest BCUT2D eigenvalue weighted by molar-refractivity contribution is 0.326. The van der Waals surface area contributed by atoms with Gasteiger partial charge in [-0.3, -0.25) is 0 Å². The molecule has 1 saturated heterocycles. The maximum absolute atomic E-state index is 11.3. The predicted octanol–water partition coefficient (Wildman–Crippen LogP) is 0.952. The van der Waals surface area contributed by atoms with Crippen LogP contribution in [-0.2, 0) is 9.84 Å². The summed E-state index contributed by atoms with van der Waals surface area (Å²) in [6.45, 7) is 0. The van der Waals surface area contributed by atoms with Crippen molar-refractivity contribution >= 4 is 9.84 Å². The first-order chi connectivity index (χ1) is 7.12. The lowest BCUT2D eigenvalue weighted by Crippen LogP contribution is -2.41. The van der Waals surface area contributed by atoms with E-state index < -0.39 is 9.84 Å². The summed E-state index contributed by atoms with van der Waals surface area (Å²) >= 11 is 0. The normalized spacial score (nSPS) is 47.5. The van der Waals surface area contributed by atoms with Crippen LogP contribution < -0.4 is 5.32 Å². The molecule has 0 spiro atoms. The fourth-order valence-corrected chi connectivity index (χ4v) is 5.36. The van der Waals surface area contributed by atoms with Crippen molar-refractivity contribution in [2.45, 2.75) is 44.2 Å². The average Bonchev–Trinajstić information content (AvgIpc) is 2.81. The highest BCUT2D eigenvalue weighted by atomic mass is 32.2. The monoisotopic (exact) mass is 229 g/mol. The molecule has 0 aromatic heterocycles. The molecule has 15 heavy (non-hydrogen) atoms. The maximum atomic E-state index is 11.3. The lowest BCUT2D eigenvalue weighted by atomic mass is 9.94. The topological polar surface area (TPSA) is 46.2 Å². The van der Waals surface area contributed by atoms with Crippen LogP contribution in [0, 0.1) is 11.8 Å². The van der Waals surface area contributed by atoms with Gasteiger partial charge in [0.2, 0.25) is 0 Å². The Balaban J connectivity index is 1.58. The summed E-state index contributed by atoms with van der Waals surface area (Å²) < 4.78 is 22.7. The third-order valence-electron chi connectivity index (χ3n) is 4.42. The minimum Gasteiger partial charge on any atom is -0.310 e. The SMILES string of the molecule is O=S1(=O)CC[C@@H](N[C@@H]2C[C@H]3CC[C@H]2C3)C1. The van der Waals surface area contributed by atoms with Gasteiger partial charge in [0, 0.05) is 12.1 Å². The Bertz CT molecular complexity index is 352. The first kappa shape index (κ1) is 10.1. The van der Waals surface area contributed by atoms with E-state index in [2.05, 4.69) is 5.32 Å². The molecule has 4 atom stereocenters. The molecule has 3 rings (SSSR count). The standard InChI is InChI=1S/C11H19NO2S/c13-15(14)4-3-10(7-15)12-11-6-8-1-2-9(11)5-8/h8-12H,1-7H2/t8-,9-,10+,11+/m0/s1. The van der Waals surface area contributed by atoms with Gasteiger partial charge < -0.3 is 5.32 Å². The highest BCUT2D eigenvalue weighted by Gasteiger charge is 2.41. The van der Waals surface area contributed by atoms with Gasteiger partial charge in [0.1, 0.15) is 0 Å². The maximum Gasteiger partial charge on any atom is 0.151 e. The largest absolute Gasteiger partial charge is 0.310 e. The molecule has 0 unspecified atom stereocenters. The van der Waals surface area contributed by atoms with Crippen LogP contribution in [0.3, 0.4) is 0 Å². The van der Waals surface area contributed by atoms with Gasteiger partial charge >= 0.3 is 0 Å². The molecule has 0 aromatic rings. The van der Waals surface area contributed by atoms with Crippen LogP contribution in [0.15, 0.2) is 0 Å². The van der Waals surface area contributed by atoms with Gasteiger partial charge in [0.05, 0.1) is 11.5 Å². The van der Waals surface area contributed by atoms with Crippen molar-refractivity contribution < 1.29 is 8.42 Å². The minimum atomic E-state index is -2.71. The molecular formula is C11H19NO2S. The number of hydrogen-bond donors (Lipinski definition) is 1. The van der Waals surface area contributed by atoms with Crippen LogP contribution in [0.25, 0.3) is 0 Å². The molecule has 1 heterocycles. The molecule has 2 bridgehead atoms. The third-order valence-corrected chi connectivity index (χ3v) is 6.19. The van der Waals surface area contributed by atoms with Crippen molar-refractivity contribution in [3.8, 4) is 0 Å². The number of fused-ring (bicyclic) bond motifs is 2. The fourth-order valence-electron chi connectivity index (χ4n) is 3.68. The summed E-state index contributed by atoms with van der Waals surface area (Å²) in [6.07, 6.45) is 6.28. The summed E-state index contributed by atoms with van der Waals surface area (Å²) in [6, 6.07) is 0.876. The van der Waals surface area contributed by atoms with Crippen molar-refractivity contribution in [2.75, 3.05) is 11.5 Å². The van der Waals surface area contributed by atoms with Crippen molar-refractivity contribution in [1.29, 1.82) is 0 Å². The van der Waals surface area contributed by atoms with E-state index in [0.717, 1.165) is 18.3 Å². The smallest absolute Gasteiger partial charge is 0.151 e. The lowest BCUT2D eigenvalue weighted by Gasteiger charge is -2.25. The van der Waals surface area contributed by atoms with E-state index in [-0.39, 0.29) is 6.04 Å². The van der Waals surface area contributed by atoms with E-state index in [9.17, 15) is 8.42 Å². The number of sulfone groups is 1. The quantitative estimate of drug-likeness (QED) is 0.767. The highest BCUT2D eigenvalue weighted by Crippen LogP contribution is 2.44. The second kappa shape index (κ2) is 3.45. The number of nitrogens with one attached hydrogen (secondary N) is 1. The first-order valence-electron chi connectivity index (χ1n) is 6.09. The van der Waals surface area contributed by atoms with Crippen molar-refractivity contribution in [2.24, 2.45) is 11.8 Å². The Morgan fingerprint density at radius 1 is 1.07 bits per heavy atom. The highest BCUT2D eigenvalue weighted by molar-refractivity contribution is 7.91. The zero-order valence-electron chi connectivity index (χ0n) is 8.98. The van der Waals surface area contributed by atoms with Gasteiger partial charge in [-0.15, -0.1) is 0 Å². The Kier molecular flexibility index (Phi) is 2.32. The Hall–Kier alpha value is -0.0900. The van der Waals surface area contributed by atoms with Crippen LogP contribution in [0.1, 0.15) is 32.1 Å². The summed E-state index contributed by atoms with van der Waals surface area (Å²) in [5.41, 5.74) is 0. The van der Waals surface area contributed by atoms with E-state index in [1.54, 1.807) is 0 Å². The zero-order chi connectivity index (χ0) is 10.5. The Labute approximate surface area is 91.5 Å². The summed E-state index contributed by atoms with van der Waals surface area (Å²) in [5.74, 6) is 2.55. The molecular weight excluding hydrogens is 210 g/mol. The number of hydrogen-bond acceptors (Lipinski definition) is 3. The van der Waals surface area contributed by atoms with E-state index >= 15 is 0 Å². The molecule has 0 radical (unpaired) electrons. The Morgan fingerprint density at radius 3 is 2.47 bits per heavy atom. The molecule has 2 aliphatic carbocycles. The van der Waals surface area contributed by atoms with E-state index in [1.807, 2.05) is 0 Å². The van der Waals surface area contributed by atoms with E-state index in [1.165, 1.54) is 25.7 Å². The minimum absolute atomic E-state index is 0.249. The molecule has 3 fully saturated rings. The number of rotatable bonds is 2. The van der Waals surface area contributed by atoms with Gasteiger partial charge in [0.15, 0.2) is 9.84 Å². The molecule has 2 saturated carbocycles. The Morgan fingerprint density at radius 2 is 1.93 bits per heavy atom. The molecule has 86 valence electrons. The van der Waals surface area contributed by atoms with Gasteiger partial charge in [-0.05, 0) is 37.5 Å². The molecule has 0 amide bonds. The summed E-state index contributed by atoms with van der Waals surface area (Å²) in [7, 11) is -2.71. The van der Waals surface area contributed by atoms with E-state index in [4.69, 9.17) is 0 Å². The third kappa shape index (κ3) is 1.94. The van der Waals surface area contributed by atoms with Gasteiger partial charge in [-0.1, -0.05) is 6.42 Å². The molecule has 1 N–H and O–H groups in total. The van der Waals surface area contributed by atoms with Crippen LogP contribution in [0.5, 0.6) is 0 Å². The fraction of sp³-hybridized carbons (Fsp3) is 1.00. The molecule has 3 nitrogen and oxygen atoms in total. The van der Waals surface area contributed by atoms with Crippen molar-refractivity contribution in [3.05, 3.63) is 0 Å². The second-order valence-electron chi connectivity index (χ2n) is 5.55. The molecule has 4 heteroatoms.